The molecular weight excluding hydrogens is 400 g/mol. The quantitative estimate of drug-likeness (QED) is 0.362. The van der Waals surface area contributed by atoms with Gasteiger partial charge in [0.25, 0.3) is 5.91 Å². The normalized spacial score (nSPS) is 11.0. The van der Waals surface area contributed by atoms with Gasteiger partial charge in [-0.15, -0.1) is 0 Å². The minimum absolute atomic E-state index is 0.118. The van der Waals surface area contributed by atoms with Gasteiger partial charge < -0.3 is 10.1 Å². The Bertz CT molecular complexity index is 1210. The summed E-state index contributed by atoms with van der Waals surface area (Å²) in [4.78, 5) is 18.0. The van der Waals surface area contributed by atoms with Crippen molar-refractivity contribution in [3.05, 3.63) is 65.7 Å². The zero-order valence-corrected chi connectivity index (χ0v) is 18.7. The summed E-state index contributed by atoms with van der Waals surface area (Å²) in [6.45, 7) is 7.35. The minimum atomic E-state index is -0.118. The van der Waals surface area contributed by atoms with Gasteiger partial charge in [0.1, 0.15) is 5.75 Å². The van der Waals surface area contributed by atoms with E-state index in [1.54, 1.807) is 0 Å². The van der Waals surface area contributed by atoms with Gasteiger partial charge in [-0.3, -0.25) is 9.89 Å². The number of benzene rings is 2. The first kappa shape index (κ1) is 21.6. The third kappa shape index (κ3) is 4.49. The molecule has 0 atom stereocenters. The Hall–Kier alpha value is -3.67. The van der Waals surface area contributed by atoms with Crippen LogP contribution in [0.15, 0.2) is 54.6 Å². The van der Waals surface area contributed by atoms with Crippen LogP contribution in [0.25, 0.3) is 33.5 Å². The average Bonchev–Trinajstić information content (AvgIpc) is 3.24. The molecule has 164 valence electrons. The number of aromatic amines is 1. The topological polar surface area (TPSA) is 79.9 Å². The predicted molar refractivity (Wildman–Crippen MR) is 128 cm³/mol. The molecule has 0 bridgehead atoms. The molecule has 0 aliphatic heterocycles. The van der Waals surface area contributed by atoms with Gasteiger partial charge in [-0.25, -0.2) is 4.98 Å². The lowest BCUT2D eigenvalue weighted by molar-refractivity contribution is 0.0955. The van der Waals surface area contributed by atoms with E-state index in [1.807, 2.05) is 68.4 Å². The first-order chi connectivity index (χ1) is 15.6. The Morgan fingerprint density at radius 1 is 1.03 bits per heavy atom. The van der Waals surface area contributed by atoms with Crippen LogP contribution in [0.2, 0.25) is 0 Å². The molecule has 0 saturated heterocycles. The van der Waals surface area contributed by atoms with Crippen LogP contribution >= 0.6 is 0 Å². The molecule has 32 heavy (non-hydrogen) atoms. The van der Waals surface area contributed by atoms with Gasteiger partial charge >= 0.3 is 0 Å². The van der Waals surface area contributed by atoms with E-state index in [1.165, 1.54) is 5.56 Å². The fourth-order valence-corrected chi connectivity index (χ4v) is 3.64. The first-order valence-electron chi connectivity index (χ1n) is 11.1. The van der Waals surface area contributed by atoms with Gasteiger partial charge in [-0.05, 0) is 50.6 Å². The number of aromatic nitrogens is 3. The molecule has 4 aromatic rings. The molecule has 2 aromatic carbocycles. The van der Waals surface area contributed by atoms with Crippen molar-refractivity contribution in [2.75, 3.05) is 13.2 Å². The monoisotopic (exact) mass is 428 g/mol. The SMILES string of the molecule is CCCCNC(=O)c1cc(-c2ccc(OCC)cc2)nc2n[nH]c(-c3ccc(C)cc3)c12. The molecule has 4 rings (SSSR count). The average molecular weight is 429 g/mol. The Morgan fingerprint density at radius 2 is 1.75 bits per heavy atom. The third-order valence-corrected chi connectivity index (χ3v) is 5.39. The molecule has 0 unspecified atom stereocenters. The number of H-pyrrole nitrogens is 1. The highest BCUT2D eigenvalue weighted by Gasteiger charge is 2.20. The second-order valence-corrected chi connectivity index (χ2v) is 7.79. The van der Waals surface area contributed by atoms with Gasteiger partial charge in [0.05, 0.1) is 28.9 Å². The van der Waals surface area contributed by atoms with Crippen molar-refractivity contribution in [3.63, 3.8) is 0 Å². The van der Waals surface area contributed by atoms with Gasteiger partial charge in [0, 0.05) is 17.7 Å². The van der Waals surface area contributed by atoms with Crippen LogP contribution in [0.3, 0.4) is 0 Å². The second-order valence-electron chi connectivity index (χ2n) is 7.79. The van der Waals surface area contributed by atoms with Crippen LogP contribution in [0, 0.1) is 6.92 Å². The summed E-state index contributed by atoms with van der Waals surface area (Å²) in [5.41, 5.74) is 5.63. The third-order valence-electron chi connectivity index (χ3n) is 5.39. The maximum atomic E-state index is 13.2. The second kappa shape index (κ2) is 9.64. The van der Waals surface area contributed by atoms with E-state index in [9.17, 15) is 4.79 Å². The lowest BCUT2D eigenvalue weighted by Gasteiger charge is -2.10. The highest BCUT2D eigenvalue weighted by molar-refractivity contribution is 6.10. The molecule has 2 aromatic heterocycles. The minimum Gasteiger partial charge on any atom is -0.494 e. The van der Waals surface area contributed by atoms with E-state index in [2.05, 4.69) is 22.4 Å². The van der Waals surface area contributed by atoms with Crippen molar-refractivity contribution in [2.45, 2.75) is 33.6 Å². The maximum Gasteiger partial charge on any atom is 0.252 e. The summed E-state index contributed by atoms with van der Waals surface area (Å²) in [6, 6.07) is 17.7. The number of amides is 1. The van der Waals surface area contributed by atoms with Crippen molar-refractivity contribution in [1.29, 1.82) is 0 Å². The highest BCUT2D eigenvalue weighted by Crippen LogP contribution is 2.32. The van der Waals surface area contributed by atoms with Gasteiger partial charge in [0.15, 0.2) is 5.65 Å². The zero-order valence-electron chi connectivity index (χ0n) is 18.7. The molecule has 0 radical (unpaired) electrons. The number of rotatable bonds is 8. The molecule has 0 aliphatic carbocycles. The maximum absolute atomic E-state index is 13.2. The van der Waals surface area contributed by atoms with Crippen LogP contribution in [0.5, 0.6) is 5.75 Å². The Labute approximate surface area is 188 Å². The number of nitrogens with one attached hydrogen (secondary N) is 2. The number of unbranched alkanes of at least 4 members (excludes halogenated alkanes) is 1. The number of pyridine rings is 1. The summed E-state index contributed by atoms with van der Waals surface area (Å²) < 4.78 is 5.54. The number of carbonyl (C=O) groups excluding carboxylic acids is 1. The van der Waals surface area contributed by atoms with Gasteiger partial charge in [-0.2, -0.15) is 5.10 Å². The fraction of sp³-hybridized carbons (Fsp3) is 0.269. The van der Waals surface area contributed by atoms with Crippen molar-refractivity contribution in [2.24, 2.45) is 0 Å². The Kier molecular flexibility index (Phi) is 6.50. The number of nitrogens with zero attached hydrogens (tertiary/aromatic N) is 2. The summed E-state index contributed by atoms with van der Waals surface area (Å²) >= 11 is 0. The number of hydrogen-bond donors (Lipinski definition) is 2. The predicted octanol–water partition coefficient (Wildman–Crippen LogP) is 5.53. The van der Waals surface area contributed by atoms with Crippen LogP contribution < -0.4 is 10.1 Å². The lowest BCUT2D eigenvalue weighted by Crippen LogP contribution is -2.24. The van der Waals surface area contributed by atoms with Crippen LogP contribution in [-0.2, 0) is 0 Å². The molecular formula is C26H28N4O2. The smallest absolute Gasteiger partial charge is 0.252 e. The van der Waals surface area contributed by atoms with Gasteiger partial charge in [0.2, 0.25) is 0 Å². The van der Waals surface area contributed by atoms with Crippen LogP contribution in [-0.4, -0.2) is 34.2 Å². The first-order valence-corrected chi connectivity index (χ1v) is 11.1. The Morgan fingerprint density at radius 3 is 2.44 bits per heavy atom. The highest BCUT2D eigenvalue weighted by atomic mass is 16.5. The van der Waals surface area contributed by atoms with Crippen molar-refractivity contribution in [3.8, 4) is 28.3 Å². The van der Waals surface area contributed by atoms with E-state index in [-0.39, 0.29) is 5.91 Å². The molecule has 2 heterocycles. The number of ether oxygens (including phenoxy) is 1. The largest absolute Gasteiger partial charge is 0.494 e. The van der Waals surface area contributed by atoms with E-state index in [0.29, 0.717) is 30.1 Å². The Balaban J connectivity index is 1.82. The number of hydrogen-bond acceptors (Lipinski definition) is 4. The molecule has 1 amide bonds. The van der Waals surface area contributed by atoms with Crippen LogP contribution in [0.1, 0.15) is 42.6 Å². The lowest BCUT2D eigenvalue weighted by atomic mass is 10.0. The van der Waals surface area contributed by atoms with Gasteiger partial charge in [-0.1, -0.05) is 43.2 Å². The summed E-state index contributed by atoms with van der Waals surface area (Å²) in [6.07, 6.45) is 1.95. The molecule has 0 fully saturated rings. The molecule has 0 saturated carbocycles. The van der Waals surface area contributed by atoms with Crippen molar-refractivity contribution in [1.82, 2.24) is 20.5 Å². The number of carbonyl (C=O) groups is 1. The summed E-state index contributed by atoms with van der Waals surface area (Å²) in [5, 5.41) is 11.3. The van der Waals surface area contributed by atoms with Crippen molar-refractivity contribution < 1.29 is 9.53 Å². The number of fused-ring (bicyclic) bond motifs is 1. The van der Waals surface area contributed by atoms with Crippen molar-refractivity contribution >= 4 is 16.9 Å². The fourth-order valence-electron chi connectivity index (χ4n) is 3.64. The molecule has 6 heteroatoms. The van der Waals surface area contributed by atoms with E-state index >= 15 is 0 Å². The van der Waals surface area contributed by atoms with E-state index in [0.717, 1.165) is 40.8 Å². The summed E-state index contributed by atoms with van der Waals surface area (Å²) in [7, 11) is 0. The molecule has 6 nitrogen and oxygen atoms in total. The molecule has 2 N–H and O–H groups in total. The number of aryl methyl sites for hydroxylation is 1. The summed E-state index contributed by atoms with van der Waals surface area (Å²) in [5.74, 6) is 0.684. The zero-order chi connectivity index (χ0) is 22.5. The molecule has 0 spiro atoms. The molecule has 0 aliphatic rings. The van der Waals surface area contributed by atoms with E-state index in [4.69, 9.17) is 9.72 Å². The van der Waals surface area contributed by atoms with E-state index < -0.39 is 0 Å². The standard InChI is InChI=1S/C26H28N4O2/c1-4-6-15-27-26(31)21-16-22(18-11-13-20(14-12-18)32-5-2)28-25-23(21)24(29-30-25)19-9-7-17(3)8-10-19/h7-14,16H,4-6,15H2,1-3H3,(H,27,31)(H,28,29,30). The van der Waals surface area contributed by atoms with Crippen LogP contribution in [0.4, 0.5) is 0 Å².